The normalized spacial score (nSPS) is 41.3. The largest absolute Gasteiger partial charge is 0.384 e. The van der Waals surface area contributed by atoms with Crippen molar-refractivity contribution in [1.29, 1.82) is 0 Å². The molecule has 1 aromatic heterocycles. The van der Waals surface area contributed by atoms with E-state index >= 15 is 0 Å². The predicted octanol–water partition coefficient (Wildman–Crippen LogP) is 5.20. The predicted molar refractivity (Wildman–Crippen MR) is 143 cm³/mol. The molecule has 0 radical (unpaired) electrons. The first-order chi connectivity index (χ1) is 17.9. The molecule has 0 amide bonds. The number of nitrogens with zero attached hydrogens (tertiary/aromatic N) is 1. The molecule has 2 saturated heterocycles. The average Bonchev–Trinajstić information content (AvgIpc) is 3.41. The molecule has 1 aromatic carbocycles. The molecule has 3 aliphatic heterocycles. The zero-order valence-electron chi connectivity index (χ0n) is 21.8. The van der Waals surface area contributed by atoms with Crippen molar-refractivity contribution in [2.24, 2.45) is 11.3 Å². The van der Waals surface area contributed by atoms with Crippen molar-refractivity contribution in [3.63, 3.8) is 0 Å². The third kappa shape index (κ3) is 3.21. The lowest BCUT2D eigenvalue weighted by Gasteiger charge is -2.54. The van der Waals surface area contributed by atoms with Crippen molar-refractivity contribution >= 4 is 10.8 Å². The molecule has 37 heavy (non-hydrogen) atoms. The molecule has 194 valence electrons. The number of hydrogen-bond donors (Lipinski definition) is 2. The maximum atomic E-state index is 10.5. The van der Waals surface area contributed by atoms with Gasteiger partial charge >= 0.3 is 0 Å². The number of allylic oxidation sites excluding steroid dienone is 1. The summed E-state index contributed by atoms with van der Waals surface area (Å²) in [6.07, 6.45) is 18.1. The molecule has 2 aromatic rings. The van der Waals surface area contributed by atoms with Gasteiger partial charge in [0.1, 0.15) is 5.60 Å². The van der Waals surface area contributed by atoms with Crippen molar-refractivity contribution in [2.75, 3.05) is 19.8 Å². The summed E-state index contributed by atoms with van der Waals surface area (Å²) >= 11 is 0. The second-order valence-electron chi connectivity index (χ2n) is 13.2. The van der Waals surface area contributed by atoms with Gasteiger partial charge in [-0.3, -0.25) is 4.98 Å². The Kier molecular flexibility index (Phi) is 4.80. The fraction of sp³-hybridized carbons (Fsp3) is 0.594. The van der Waals surface area contributed by atoms with E-state index in [1.165, 1.54) is 40.3 Å². The monoisotopic (exact) mass is 498 g/mol. The molecule has 6 aliphatic rings. The van der Waals surface area contributed by atoms with Crippen LogP contribution in [0, 0.1) is 11.3 Å². The Morgan fingerprint density at radius 3 is 2.89 bits per heavy atom. The maximum absolute atomic E-state index is 10.5. The number of benzene rings is 1. The van der Waals surface area contributed by atoms with E-state index in [4.69, 9.17) is 9.47 Å². The van der Waals surface area contributed by atoms with Gasteiger partial charge in [-0.15, -0.1) is 0 Å². The zero-order chi connectivity index (χ0) is 24.9. The molecule has 2 saturated carbocycles. The van der Waals surface area contributed by atoms with Gasteiger partial charge in [-0.25, -0.2) is 0 Å². The van der Waals surface area contributed by atoms with Crippen molar-refractivity contribution in [2.45, 2.75) is 87.1 Å². The molecule has 0 unspecified atom stereocenters. The summed E-state index contributed by atoms with van der Waals surface area (Å²) in [6.45, 7) is 4.07. The molecule has 8 rings (SSSR count). The molecule has 4 fully saturated rings. The number of nitrogens with one attached hydrogen (secondary N) is 1. The van der Waals surface area contributed by atoms with Gasteiger partial charge in [0.15, 0.2) is 0 Å². The summed E-state index contributed by atoms with van der Waals surface area (Å²) in [5, 5.41) is 16.7. The van der Waals surface area contributed by atoms with Crippen LogP contribution in [0.2, 0.25) is 0 Å². The van der Waals surface area contributed by atoms with Crippen LogP contribution in [-0.4, -0.2) is 52.7 Å². The molecule has 3 aliphatic carbocycles. The van der Waals surface area contributed by atoms with Crippen LogP contribution in [0.5, 0.6) is 0 Å². The minimum atomic E-state index is -0.684. The summed E-state index contributed by atoms with van der Waals surface area (Å²) in [5.41, 5.74) is 3.73. The highest BCUT2D eigenvalue weighted by atomic mass is 16.5. The number of pyridine rings is 1. The van der Waals surface area contributed by atoms with E-state index < -0.39 is 5.60 Å². The molecule has 5 nitrogen and oxygen atoms in total. The third-order valence-electron chi connectivity index (χ3n) is 11.2. The Labute approximate surface area is 219 Å². The topological polar surface area (TPSA) is 63.6 Å². The second-order valence-corrected chi connectivity index (χ2v) is 13.2. The molecule has 6 atom stereocenters. The summed E-state index contributed by atoms with van der Waals surface area (Å²) in [5.74, 6) is 1.10. The van der Waals surface area contributed by atoms with Crippen LogP contribution >= 0.6 is 0 Å². The molecular formula is C32H38N2O3. The number of fused-ring (bicyclic) bond motifs is 2. The summed E-state index contributed by atoms with van der Waals surface area (Å²) in [4.78, 5) is 4.38. The Balaban J connectivity index is 1.09. The fourth-order valence-corrected chi connectivity index (χ4v) is 9.22. The van der Waals surface area contributed by atoms with Gasteiger partial charge in [-0.2, -0.15) is 0 Å². The van der Waals surface area contributed by atoms with Crippen LogP contribution in [0.4, 0.5) is 0 Å². The van der Waals surface area contributed by atoms with Crippen molar-refractivity contribution in [3.8, 4) is 0 Å². The van der Waals surface area contributed by atoms with E-state index in [-0.39, 0.29) is 16.6 Å². The van der Waals surface area contributed by atoms with Crippen LogP contribution in [0.15, 0.2) is 60.0 Å². The van der Waals surface area contributed by atoms with Gasteiger partial charge in [0.2, 0.25) is 0 Å². The van der Waals surface area contributed by atoms with E-state index in [9.17, 15) is 5.11 Å². The average molecular weight is 499 g/mol. The maximum Gasteiger partial charge on any atom is 0.123 e. The van der Waals surface area contributed by atoms with Crippen LogP contribution in [0.25, 0.3) is 10.8 Å². The van der Waals surface area contributed by atoms with Crippen molar-refractivity contribution in [1.82, 2.24) is 10.3 Å². The first kappa shape index (κ1) is 22.9. The zero-order valence-corrected chi connectivity index (χ0v) is 21.8. The summed E-state index contributed by atoms with van der Waals surface area (Å²) < 4.78 is 12.7. The lowest BCUT2D eigenvalue weighted by atomic mass is 9.58. The van der Waals surface area contributed by atoms with Crippen LogP contribution in [0.3, 0.4) is 0 Å². The lowest BCUT2D eigenvalue weighted by molar-refractivity contribution is -0.177. The minimum Gasteiger partial charge on any atom is -0.384 e. The molecule has 2 N–H and O–H groups in total. The van der Waals surface area contributed by atoms with Gasteiger partial charge in [0.05, 0.1) is 24.4 Å². The van der Waals surface area contributed by atoms with Gasteiger partial charge in [0, 0.05) is 30.4 Å². The summed E-state index contributed by atoms with van der Waals surface area (Å²) in [7, 11) is 0. The Morgan fingerprint density at radius 2 is 2.03 bits per heavy atom. The smallest absolute Gasteiger partial charge is 0.123 e. The highest BCUT2D eigenvalue weighted by Crippen LogP contribution is 2.69. The number of ether oxygens (including phenoxy) is 2. The van der Waals surface area contributed by atoms with Gasteiger partial charge in [-0.05, 0) is 103 Å². The van der Waals surface area contributed by atoms with Crippen molar-refractivity contribution in [3.05, 3.63) is 65.5 Å². The number of rotatable bonds is 4. The highest BCUT2D eigenvalue weighted by Gasteiger charge is 2.66. The van der Waals surface area contributed by atoms with E-state index in [2.05, 4.69) is 53.6 Å². The summed E-state index contributed by atoms with van der Waals surface area (Å²) in [6, 6.07) is 9.54. The Bertz CT molecular complexity index is 1330. The van der Waals surface area contributed by atoms with E-state index in [1.807, 2.05) is 12.4 Å². The Hall–Kier alpha value is -2.05. The highest BCUT2D eigenvalue weighted by molar-refractivity contribution is 5.82. The number of aliphatic hydroxyl groups is 1. The second kappa shape index (κ2) is 7.75. The lowest BCUT2D eigenvalue weighted by Crippen LogP contribution is -2.59. The van der Waals surface area contributed by atoms with Crippen LogP contribution in [0.1, 0.15) is 69.8 Å². The third-order valence-corrected chi connectivity index (χ3v) is 11.2. The van der Waals surface area contributed by atoms with Gasteiger partial charge in [0.25, 0.3) is 0 Å². The minimum absolute atomic E-state index is 0.128. The molecular weight excluding hydrogens is 460 g/mol. The Morgan fingerprint density at radius 1 is 1.11 bits per heavy atom. The molecule has 5 heteroatoms. The van der Waals surface area contributed by atoms with Crippen LogP contribution in [-0.2, 0) is 9.47 Å². The molecule has 2 bridgehead atoms. The van der Waals surface area contributed by atoms with Crippen molar-refractivity contribution < 1.29 is 14.6 Å². The first-order valence-corrected chi connectivity index (χ1v) is 14.4. The quantitative estimate of drug-likeness (QED) is 0.607. The standard InChI is InChI=1S/C32H38N2O3/c1-29-10-8-25-15-24-4-5-26(34-18-30(35)19-36-20-30)16-31(24)11-12-32(25,37-31)28(29)7-6-27(29)22-3-2-21-9-13-33-17-23(21)14-22/h2-3,8-9,13-15,17,26-28,34-35H,4-7,10-12,16,18-20H2,1H3/t26-,27-,28-,29-,31-,32-/m1/s1. The first-order valence-electron chi connectivity index (χ1n) is 14.4. The fourth-order valence-electron chi connectivity index (χ4n) is 9.22. The van der Waals surface area contributed by atoms with Gasteiger partial charge in [-0.1, -0.05) is 31.2 Å². The van der Waals surface area contributed by atoms with Crippen LogP contribution < -0.4 is 5.32 Å². The molecule has 2 spiro atoms. The van der Waals surface area contributed by atoms with Gasteiger partial charge < -0.3 is 19.9 Å². The van der Waals surface area contributed by atoms with E-state index in [0.717, 1.165) is 38.5 Å². The number of hydrogen-bond acceptors (Lipinski definition) is 5. The SMILES string of the molecule is C[C@]12CC=C3C=C4CC[C@@H](NCC5(O)COC5)C[C@]45CC[C@]3(O5)[C@@H]1CC[C@@H]2c1ccc2ccncc2c1. The van der Waals surface area contributed by atoms with E-state index in [0.29, 0.717) is 37.6 Å². The van der Waals surface area contributed by atoms with E-state index in [1.54, 1.807) is 0 Å². The molecule has 4 heterocycles. The number of aromatic nitrogens is 1.